The van der Waals surface area contributed by atoms with Gasteiger partial charge in [0.05, 0.1) is 11.0 Å². The molecule has 0 aliphatic carbocycles. The third kappa shape index (κ3) is 6.17. The average Bonchev–Trinajstić information content (AvgIpc) is 3.34. The molecule has 0 spiro atoms. The first-order chi connectivity index (χ1) is 17.0. The van der Waals surface area contributed by atoms with Crippen molar-refractivity contribution in [2.45, 2.75) is 39.8 Å². The summed E-state index contributed by atoms with van der Waals surface area (Å²) in [5.74, 6) is -0.726. The van der Waals surface area contributed by atoms with Crippen molar-refractivity contribution in [3.63, 3.8) is 0 Å². The van der Waals surface area contributed by atoms with Crippen molar-refractivity contribution in [3.05, 3.63) is 59.4 Å². The average molecular weight is 501 g/mol. The lowest BCUT2D eigenvalue weighted by molar-refractivity contribution is 0.413. The highest BCUT2D eigenvalue weighted by Crippen LogP contribution is 2.32. The van der Waals surface area contributed by atoms with Crippen molar-refractivity contribution in [2.24, 2.45) is 0 Å². The Balaban J connectivity index is 0.000000201. The molecule has 0 bridgehead atoms. The van der Waals surface area contributed by atoms with E-state index < -0.39 is 11.6 Å². The molecular weight excluding hydrogens is 462 g/mol. The molecule has 0 saturated carbocycles. The summed E-state index contributed by atoms with van der Waals surface area (Å²) < 4.78 is 30.7. The third-order valence-corrected chi connectivity index (χ3v) is 6.35. The van der Waals surface area contributed by atoms with Crippen LogP contribution in [-0.4, -0.2) is 70.4 Å². The number of phenols is 2. The Hall–Kier alpha value is -3.10. The van der Waals surface area contributed by atoms with Crippen LogP contribution in [0.3, 0.4) is 0 Å². The minimum absolute atomic E-state index is 0.0333. The van der Waals surface area contributed by atoms with Crippen LogP contribution in [0.5, 0.6) is 11.5 Å². The number of aromatic hydroxyl groups is 2. The molecule has 36 heavy (non-hydrogen) atoms. The quantitative estimate of drug-likeness (QED) is 0.348. The molecule has 2 aromatic carbocycles. The number of aromatic nitrogens is 2. The maximum Gasteiger partial charge on any atom is 0.129 e. The maximum atomic E-state index is 13.4. The fraction of sp³-hybridized carbons (Fsp3) is 0.429. The number of benzene rings is 2. The first-order valence-electron chi connectivity index (χ1n) is 12.4. The summed E-state index contributed by atoms with van der Waals surface area (Å²) in [6.45, 7) is 7.36. The van der Waals surface area contributed by atoms with Gasteiger partial charge in [-0.25, -0.2) is 8.78 Å². The lowest BCUT2D eigenvalue weighted by Gasteiger charge is -2.08. The van der Waals surface area contributed by atoms with E-state index in [9.17, 15) is 19.0 Å². The van der Waals surface area contributed by atoms with Gasteiger partial charge in [-0.05, 0) is 78.1 Å². The smallest absolute Gasteiger partial charge is 0.129 e. The molecule has 0 fully saturated rings. The molecular formula is C28H38F2N4O2. The highest BCUT2D eigenvalue weighted by molar-refractivity contribution is 5.90. The van der Waals surface area contributed by atoms with Gasteiger partial charge in [-0.1, -0.05) is 0 Å². The number of hydrogen-bond donors (Lipinski definition) is 2. The van der Waals surface area contributed by atoms with E-state index in [4.69, 9.17) is 0 Å². The normalized spacial score (nSPS) is 11.6. The molecule has 0 atom stereocenters. The number of nitrogens with zero attached hydrogens (tertiary/aromatic N) is 4. The predicted octanol–water partition coefficient (Wildman–Crippen LogP) is 5.22. The molecule has 4 aromatic rings. The van der Waals surface area contributed by atoms with Crippen molar-refractivity contribution >= 4 is 21.8 Å². The summed E-state index contributed by atoms with van der Waals surface area (Å²) in [6, 6.07) is 5.33. The van der Waals surface area contributed by atoms with Gasteiger partial charge in [0.1, 0.15) is 23.1 Å². The molecule has 2 N–H and O–H groups in total. The van der Waals surface area contributed by atoms with Gasteiger partial charge in [0, 0.05) is 61.5 Å². The third-order valence-electron chi connectivity index (χ3n) is 6.35. The molecule has 6 nitrogen and oxygen atoms in total. The largest absolute Gasteiger partial charge is 0.507 e. The molecule has 196 valence electrons. The van der Waals surface area contributed by atoms with Gasteiger partial charge in [-0.2, -0.15) is 0 Å². The predicted molar refractivity (Wildman–Crippen MR) is 143 cm³/mol. The summed E-state index contributed by atoms with van der Waals surface area (Å²) >= 11 is 0. The Labute approximate surface area is 212 Å². The highest BCUT2D eigenvalue weighted by atomic mass is 19.1. The van der Waals surface area contributed by atoms with Crippen LogP contribution in [0.2, 0.25) is 0 Å². The number of hydrogen-bond acceptors (Lipinski definition) is 4. The van der Waals surface area contributed by atoms with Gasteiger partial charge in [-0.3, -0.25) is 0 Å². The van der Waals surface area contributed by atoms with E-state index in [1.807, 2.05) is 63.6 Å². The van der Waals surface area contributed by atoms with Crippen LogP contribution in [0.15, 0.2) is 36.7 Å². The Bertz CT molecular complexity index is 1220. The molecule has 4 rings (SSSR count). The van der Waals surface area contributed by atoms with E-state index in [1.54, 1.807) is 0 Å². The van der Waals surface area contributed by atoms with E-state index in [0.29, 0.717) is 0 Å². The fourth-order valence-electron chi connectivity index (χ4n) is 4.50. The zero-order valence-corrected chi connectivity index (χ0v) is 22.1. The lowest BCUT2D eigenvalue weighted by atomic mass is 10.1. The highest BCUT2D eigenvalue weighted by Gasteiger charge is 2.14. The topological polar surface area (TPSA) is 56.8 Å². The number of likely N-dealkylation sites (N-methyl/N-ethyl adjacent to an activating group) is 2. The summed E-state index contributed by atoms with van der Waals surface area (Å²) in [5, 5.41) is 21.4. The Morgan fingerprint density at radius 3 is 1.33 bits per heavy atom. The lowest BCUT2D eigenvalue weighted by Crippen LogP contribution is -2.14. The Kier molecular flexibility index (Phi) is 8.98. The van der Waals surface area contributed by atoms with E-state index in [-0.39, 0.29) is 11.5 Å². The van der Waals surface area contributed by atoms with Gasteiger partial charge >= 0.3 is 0 Å². The monoisotopic (exact) mass is 500 g/mol. The number of rotatable bonds is 8. The standard InChI is InChI=1S/2C14H19FN2O/c2*1-4-17-9-10(5-6-16(2)3)14-12(17)7-11(15)8-13(14)18/h2*7-9,18H,4-6H2,1-3H3. The van der Waals surface area contributed by atoms with E-state index in [2.05, 4.69) is 9.80 Å². The van der Waals surface area contributed by atoms with Gasteiger partial charge in [0.15, 0.2) is 0 Å². The van der Waals surface area contributed by atoms with Crippen LogP contribution in [0, 0.1) is 11.6 Å². The van der Waals surface area contributed by atoms with Gasteiger partial charge in [0.2, 0.25) is 0 Å². The van der Waals surface area contributed by atoms with E-state index in [0.717, 1.165) is 72.0 Å². The zero-order valence-electron chi connectivity index (χ0n) is 22.1. The van der Waals surface area contributed by atoms with Crippen LogP contribution in [0.1, 0.15) is 25.0 Å². The van der Waals surface area contributed by atoms with Crippen LogP contribution in [0.25, 0.3) is 21.8 Å². The molecule has 2 heterocycles. The number of phenolic OH excluding ortho intramolecular Hbond substituents is 2. The Morgan fingerprint density at radius 1 is 0.667 bits per heavy atom. The molecule has 0 aliphatic rings. The first-order valence-corrected chi connectivity index (χ1v) is 12.4. The SMILES string of the molecule is CCn1cc(CCN(C)C)c2c(O)cc(F)cc21.CCn1cc(CCN(C)C)c2c(O)cc(F)cc21. The fourth-order valence-corrected chi connectivity index (χ4v) is 4.50. The zero-order chi connectivity index (χ0) is 26.6. The number of halogens is 2. The van der Waals surface area contributed by atoms with E-state index >= 15 is 0 Å². The van der Waals surface area contributed by atoms with E-state index in [1.165, 1.54) is 24.3 Å². The molecule has 0 saturated heterocycles. The first kappa shape index (κ1) is 27.5. The van der Waals surface area contributed by atoms with Crippen LogP contribution < -0.4 is 0 Å². The summed E-state index contributed by atoms with van der Waals surface area (Å²) in [7, 11) is 8.05. The van der Waals surface area contributed by atoms with Crippen molar-refractivity contribution in [2.75, 3.05) is 41.3 Å². The minimum atomic E-state index is -0.396. The summed E-state index contributed by atoms with van der Waals surface area (Å²) in [5.41, 5.74) is 3.67. The Morgan fingerprint density at radius 2 is 1.03 bits per heavy atom. The van der Waals surface area contributed by atoms with Crippen LogP contribution in [0.4, 0.5) is 8.78 Å². The van der Waals surface area contributed by atoms with Crippen molar-refractivity contribution in [3.8, 4) is 11.5 Å². The van der Waals surface area contributed by atoms with Crippen LogP contribution in [-0.2, 0) is 25.9 Å². The van der Waals surface area contributed by atoms with Gasteiger partial charge < -0.3 is 29.1 Å². The molecule has 0 unspecified atom stereocenters. The second-order valence-electron chi connectivity index (χ2n) is 9.63. The van der Waals surface area contributed by atoms with Crippen molar-refractivity contribution in [1.29, 1.82) is 0 Å². The minimum Gasteiger partial charge on any atom is -0.507 e. The van der Waals surface area contributed by atoms with Crippen molar-refractivity contribution in [1.82, 2.24) is 18.9 Å². The second-order valence-corrected chi connectivity index (χ2v) is 9.63. The second kappa shape index (κ2) is 11.8. The number of fused-ring (bicyclic) bond motifs is 2. The molecule has 0 aliphatic heterocycles. The van der Waals surface area contributed by atoms with Crippen LogP contribution >= 0.6 is 0 Å². The van der Waals surface area contributed by atoms with Gasteiger partial charge in [0.25, 0.3) is 0 Å². The summed E-state index contributed by atoms with van der Waals surface area (Å²) in [6.07, 6.45) is 5.70. The molecule has 8 heteroatoms. The number of aryl methyl sites for hydroxylation is 2. The summed E-state index contributed by atoms with van der Waals surface area (Å²) in [4.78, 5) is 4.19. The van der Waals surface area contributed by atoms with Gasteiger partial charge in [-0.15, -0.1) is 0 Å². The molecule has 2 aromatic heterocycles. The molecule has 0 amide bonds. The van der Waals surface area contributed by atoms with Crippen molar-refractivity contribution < 1.29 is 19.0 Å². The maximum absolute atomic E-state index is 13.4. The molecule has 0 radical (unpaired) electrons.